The molecule has 0 spiro atoms. The van der Waals surface area contributed by atoms with Crippen molar-refractivity contribution in [3.63, 3.8) is 0 Å². The van der Waals surface area contributed by atoms with Crippen LogP contribution in [0.1, 0.15) is 26.3 Å². The summed E-state index contributed by atoms with van der Waals surface area (Å²) in [6.07, 6.45) is 8.43. The number of phenolic OH excluding ortho intramolecular Hbond substituents is 1. The first-order chi connectivity index (χ1) is 8.91. The van der Waals surface area contributed by atoms with Crippen molar-refractivity contribution in [3.8, 4) is 5.75 Å². The summed E-state index contributed by atoms with van der Waals surface area (Å²) in [5.41, 5.74) is 1.89. The Morgan fingerprint density at radius 3 is 2.42 bits per heavy atom. The highest BCUT2D eigenvalue weighted by Gasteiger charge is 2.40. The van der Waals surface area contributed by atoms with Gasteiger partial charge >= 0.3 is 0 Å². The van der Waals surface area contributed by atoms with Crippen LogP contribution in [-0.2, 0) is 10.2 Å². The fraction of sp³-hybridized carbons (Fsp3) is 0.294. The lowest BCUT2D eigenvalue weighted by molar-refractivity contribution is 0.101. The van der Waals surface area contributed by atoms with E-state index in [1.54, 1.807) is 12.1 Å². The molecule has 2 heteroatoms. The van der Waals surface area contributed by atoms with Gasteiger partial charge in [0.05, 0.1) is 0 Å². The van der Waals surface area contributed by atoms with Gasteiger partial charge in [0.1, 0.15) is 17.1 Å². The van der Waals surface area contributed by atoms with Crippen LogP contribution in [-0.4, -0.2) is 10.7 Å². The Labute approximate surface area is 113 Å². The molecule has 1 aliphatic carbocycles. The SMILES string of the molecule is CC1(C)C=C2C(=CC=CC2(C)c2ccc(O)cc2)O1. The summed E-state index contributed by atoms with van der Waals surface area (Å²) in [5.74, 6) is 1.24. The molecule has 0 aromatic heterocycles. The maximum atomic E-state index is 9.44. The third-order valence-corrected chi connectivity index (χ3v) is 3.83. The second-order valence-electron chi connectivity index (χ2n) is 5.90. The minimum atomic E-state index is -0.259. The topological polar surface area (TPSA) is 29.5 Å². The van der Waals surface area contributed by atoms with Gasteiger partial charge in [0, 0.05) is 11.0 Å². The number of fused-ring (bicyclic) bond motifs is 1. The number of phenols is 1. The summed E-state index contributed by atoms with van der Waals surface area (Å²) in [6.45, 7) is 6.31. The average molecular weight is 254 g/mol. The minimum absolute atomic E-state index is 0.203. The summed E-state index contributed by atoms with van der Waals surface area (Å²) in [4.78, 5) is 0. The molecule has 1 heterocycles. The van der Waals surface area contributed by atoms with E-state index in [0.29, 0.717) is 5.75 Å². The molecular weight excluding hydrogens is 236 g/mol. The molecule has 3 rings (SSSR count). The molecule has 1 aromatic rings. The van der Waals surface area contributed by atoms with Gasteiger partial charge in [-0.1, -0.05) is 24.3 Å². The Morgan fingerprint density at radius 2 is 1.74 bits per heavy atom. The molecule has 0 saturated heterocycles. The average Bonchev–Trinajstić information content (AvgIpc) is 2.66. The number of rotatable bonds is 1. The number of allylic oxidation sites excluding steroid dienone is 4. The molecule has 1 aromatic carbocycles. The first kappa shape index (κ1) is 12.1. The number of aromatic hydroxyl groups is 1. The van der Waals surface area contributed by atoms with E-state index in [4.69, 9.17) is 4.74 Å². The summed E-state index contributed by atoms with van der Waals surface area (Å²) in [5, 5.41) is 9.44. The molecule has 0 bridgehead atoms. The lowest BCUT2D eigenvalue weighted by Crippen LogP contribution is -2.24. The van der Waals surface area contributed by atoms with Crippen LogP contribution in [0.5, 0.6) is 5.75 Å². The van der Waals surface area contributed by atoms with Crippen molar-refractivity contribution in [3.05, 3.63) is 65.5 Å². The molecule has 19 heavy (non-hydrogen) atoms. The maximum absolute atomic E-state index is 9.44. The number of hydrogen-bond donors (Lipinski definition) is 1. The van der Waals surface area contributed by atoms with E-state index in [9.17, 15) is 5.11 Å². The van der Waals surface area contributed by atoms with E-state index < -0.39 is 0 Å². The molecule has 0 saturated carbocycles. The van der Waals surface area contributed by atoms with Crippen LogP contribution >= 0.6 is 0 Å². The van der Waals surface area contributed by atoms with Gasteiger partial charge in [-0.25, -0.2) is 0 Å². The molecule has 1 N–H and O–H groups in total. The fourth-order valence-electron chi connectivity index (χ4n) is 2.79. The summed E-state index contributed by atoms with van der Waals surface area (Å²) < 4.78 is 5.96. The number of hydrogen-bond acceptors (Lipinski definition) is 2. The smallest absolute Gasteiger partial charge is 0.124 e. The van der Waals surface area contributed by atoms with Gasteiger partial charge in [-0.05, 0) is 50.6 Å². The third kappa shape index (κ3) is 1.88. The van der Waals surface area contributed by atoms with E-state index in [1.165, 1.54) is 5.57 Å². The van der Waals surface area contributed by atoms with E-state index in [1.807, 2.05) is 24.3 Å². The largest absolute Gasteiger partial charge is 0.508 e. The molecule has 2 nitrogen and oxygen atoms in total. The Hall–Kier alpha value is -1.96. The highest BCUT2D eigenvalue weighted by atomic mass is 16.5. The molecule has 1 aliphatic heterocycles. The molecule has 0 radical (unpaired) electrons. The van der Waals surface area contributed by atoms with Crippen LogP contribution in [0.25, 0.3) is 0 Å². The molecule has 1 atom stereocenters. The Bertz CT molecular complexity index is 603. The van der Waals surface area contributed by atoms with Crippen LogP contribution in [0.4, 0.5) is 0 Å². The quantitative estimate of drug-likeness (QED) is 0.825. The zero-order valence-corrected chi connectivity index (χ0v) is 11.5. The monoisotopic (exact) mass is 254 g/mol. The van der Waals surface area contributed by atoms with Crippen molar-refractivity contribution in [1.29, 1.82) is 0 Å². The van der Waals surface area contributed by atoms with Gasteiger partial charge in [-0.15, -0.1) is 0 Å². The second kappa shape index (κ2) is 3.77. The van der Waals surface area contributed by atoms with Crippen molar-refractivity contribution in [2.75, 3.05) is 0 Å². The van der Waals surface area contributed by atoms with E-state index >= 15 is 0 Å². The van der Waals surface area contributed by atoms with E-state index in [2.05, 4.69) is 32.9 Å². The normalized spacial score (nSPS) is 27.3. The molecular formula is C17H18O2. The lowest BCUT2D eigenvalue weighted by Gasteiger charge is -2.30. The Morgan fingerprint density at radius 1 is 1.05 bits per heavy atom. The Kier molecular flexibility index (Phi) is 2.40. The second-order valence-corrected chi connectivity index (χ2v) is 5.90. The molecule has 0 amide bonds. The first-order valence-electron chi connectivity index (χ1n) is 6.52. The molecule has 1 unspecified atom stereocenters. The van der Waals surface area contributed by atoms with Crippen LogP contribution in [0.3, 0.4) is 0 Å². The van der Waals surface area contributed by atoms with Gasteiger partial charge in [0.2, 0.25) is 0 Å². The predicted octanol–water partition coefficient (Wildman–Crippen LogP) is 3.84. The maximum Gasteiger partial charge on any atom is 0.124 e. The minimum Gasteiger partial charge on any atom is -0.508 e. The zero-order chi connectivity index (χ0) is 13.7. The van der Waals surface area contributed by atoms with Crippen LogP contribution in [0, 0.1) is 0 Å². The van der Waals surface area contributed by atoms with Gasteiger partial charge < -0.3 is 9.84 Å². The molecule has 98 valence electrons. The van der Waals surface area contributed by atoms with Crippen molar-refractivity contribution >= 4 is 0 Å². The first-order valence-corrected chi connectivity index (χ1v) is 6.52. The van der Waals surface area contributed by atoms with Crippen molar-refractivity contribution in [1.82, 2.24) is 0 Å². The zero-order valence-electron chi connectivity index (χ0n) is 11.5. The van der Waals surface area contributed by atoms with Gasteiger partial charge in [0.15, 0.2) is 0 Å². The van der Waals surface area contributed by atoms with Crippen molar-refractivity contribution in [2.24, 2.45) is 0 Å². The van der Waals surface area contributed by atoms with E-state index in [0.717, 1.165) is 11.3 Å². The standard InChI is InChI=1S/C17H18O2/c1-16(2)11-14-15(19-16)5-4-10-17(14,3)12-6-8-13(18)9-7-12/h4-11,18H,1-3H3. The van der Waals surface area contributed by atoms with Gasteiger partial charge in [-0.2, -0.15) is 0 Å². The third-order valence-electron chi connectivity index (χ3n) is 3.83. The number of benzene rings is 1. The van der Waals surface area contributed by atoms with Crippen LogP contribution < -0.4 is 0 Å². The lowest BCUT2D eigenvalue weighted by atomic mass is 9.72. The number of ether oxygens (including phenoxy) is 1. The fourth-order valence-corrected chi connectivity index (χ4v) is 2.79. The summed E-state index contributed by atoms with van der Waals surface area (Å²) >= 11 is 0. The van der Waals surface area contributed by atoms with E-state index in [-0.39, 0.29) is 11.0 Å². The van der Waals surface area contributed by atoms with Crippen LogP contribution in [0.2, 0.25) is 0 Å². The van der Waals surface area contributed by atoms with Crippen molar-refractivity contribution < 1.29 is 9.84 Å². The Balaban J connectivity index is 2.11. The molecule has 0 fully saturated rings. The summed E-state index contributed by atoms with van der Waals surface area (Å²) in [7, 11) is 0. The van der Waals surface area contributed by atoms with Gasteiger partial charge in [-0.3, -0.25) is 0 Å². The summed E-state index contributed by atoms with van der Waals surface area (Å²) in [6, 6.07) is 7.39. The predicted molar refractivity (Wildman–Crippen MR) is 75.9 cm³/mol. The van der Waals surface area contributed by atoms with Crippen LogP contribution in [0.15, 0.2) is 59.9 Å². The highest BCUT2D eigenvalue weighted by Crippen LogP contribution is 2.46. The van der Waals surface area contributed by atoms with Gasteiger partial charge in [0.25, 0.3) is 0 Å². The highest BCUT2D eigenvalue weighted by molar-refractivity contribution is 5.55. The van der Waals surface area contributed by atoms with Crippen molar-refractivity contribution in [2.45, 2.75) is 31.8 Å². The molecule has 2 aliphatic rings.